The fourth-order valence-electron chi connectivity index (χ4n) is 1.34. The molecule has 0 atom stereocenters. The van der Waals surface area contributed by atoms with Crippen molar-refractivity contribution in [2.75, 3.05) is 32.1 Å². The second-order valence-corrected chi connectivity index (χ2v) is 7.67. The molecule has 0 aliphatic heterocycles. The lowest BCUT2D eigenvalue weighted by molar-refractivity contribution is 0.0691. The fraction of sp³-hybridized carbons (Fsp3) is 0.545. The molecule has 0 fully saturated rings. The molecule has 118 valence electrons. The lowest BCUT2D eigenvalue weighted by Gasteiger charge is -2.17. The van der Waals surface area contributed by atoms with Crippen molar-refractivity contribution < 1.29 is 23.1 Å². The van der Waals surface area contributed by atoms with Gasteiger partial charge in [0.25, 0.3) is 0 Å². The Bertz CT molecular complexity index is 611. The van der Waals surface area contributed by atoms with Crippen LogP contribution in [0, 0.1) is 0 Å². The molecule has 1 heterocycles. The van der Waals surface area contributed by atoms with Crippen LogP contribution in [0.3, 0.4) is 0 Å². The molecule has 0 saturated heterocycles. The molecule has 2 amide bonds. The van der Waals surface area contributed by atoms with E-state index in [1.54, 1.807) is 0 Å². The number of rotatable bonds is 7. The number of hydrogen-bond acceptors (Lipinski definition) is 6. The van der Waals surface area contributed by atoms with Crippen molar-refractivity contribution in [3.05, 3.63) is 16.1 Å². The minimum atomic E-state index is -3.11. The first kappa shape index (κ1) is 17.4. The van der Waals surface area contributed by atoms with E-state index in [9.17, 15) is 18.0 Å². The summed E-state index contributed by atoms with van der Waals surface area (Å²) < 4.78 is 22.0. The monoisotopic (exact) mass is 335 g/mol. The summed E-state index contributed by atoms with van der Waals surface area (Å²) in [6, 6.07) is -0.381. The number of amides is 2. The van der Waals surface area contributed by atoms with Crippen molar-refractivity contribution >= 4 is 33.2 Å². The highest BCUT2D eigenvalue weighted by atomic mass is 32.2. The number of nitrogens with zero attached hydrogens (tertiary/aromatic N) is 2. The highest BCUT2D eigenvalue weighted by molar-refractivity contribution is 7.90. The van der Waals surface area contributed by atoms with E-state index < -0.39 is 15.8 Å². The SMILES string of the molecule is CN(CCS(C)(=O)=O)C(=O)NCCc1nc(C(=O)O)cs1. The molecular weight excluding hydrogens is 318 g/mol. The normalized spacial score (nSPS) is 11.1. The van der Waals surface area contributed by atoms with Gasteiger partial charge in [-0.05, 0) is 0 Å². The van der Waals surface area contributed by atoms with Gasteiger partial charge in [-0.15, -0.1) is 11.3 Å². The molecule has 1 aromatic heterocycles. The van der Waals surface area contributed by atoms with Crippen LogP contribution >= 0.6 is 11.3 Å². The molecule has 8 nitrogen and oxygen atoms in total. The number of carboxylic acids is 1. The highest BCUT2D eigenvalue weighted by Gasteiger charge is 2.12. The van der Waals surface area contributed by atoms with Gasteiger partial charge in [-0.2, -0.15) is 0 Å². The second kappa shape index (κ2) is 7.36. The van der Waals surface area contributed by atoms with Crippen LogP contribution < -0.4 is 5.32 Å². The zero-order valence-electron chi connectivity index (χ0n) is 11.7. The van der Waals surface area contributed by atoms with Crippen LogP contribution in [0.2, 0.25) is 0 Å². The van der Waals surface area contributed by atoms with E-state index in [0.717, 1.165) is 6.26 Å². The van der Waals surface area contributed by atoms with Crippen molar-refractivity contribution in [3.63, 3.8) is 0 Å². The standard InChI is InChI=1S/C11H17N3O5S2/c1-14(5-6-21(2,18)19)11(17)12-4-3-9-13-8(7-20-9)10(15)16/h7H,3-6H2,1-2H3,(H,12,17)(H,15,16). The van der Waals surface area contributed by atoms with Crippen molar-refractivity contribution in [1.82, 2.24) is 15.2 Å². The van der Waals surface area contributed by atoms with E-state index in [-0.39, 0.29) is 24.0 Å². The van der Waals surface area contributed by atoms with Gasteiger partial charge < -0.3 is 15.3 Å². The van der Waals surface area contributed by atoms with E-state index in [1.807, 2.05) is 0 Å². The number of aromatic carboxylic acids is 1. The van der Waals surface area contributed by atoms with Gasteiger partial charge in [0.2, 0.25) is 0 Å². The molecular formula is C11H17N3O5S2. The first-order valence-electron chi connectivity index (χ1n) is 6.03. The maximum absolute atomic E-state index is 11.7. The van der Waals surface area contributed by atoms with Crippen LogP contribution in [0.5, 0.6) is 0 Å². The molecule has 0 unspecified atom stereocenters. The third-order valence-electron chi connectivity index (χ3n) is 2.53. The zero-order chi connectivity index (χ0) is 16.0. The van der Waals surface area contributed by atoms with Gasteiger partial charge in [0.1, 0.15) is 9.84 Å². The summed E-state index contributed by atoms with van der Waals surface area (Å²) in [6.07, 6.45) is 1.53. The predicted octanol–water partition coefficient (Wildman–Crippen LogP) is 0.0698. The van der Waals surface area contributed by atoms with Gasteiger partial charge in [0.15, 0.2) is 5.69 Å². The molecule has 0 bridgehead atoms. The average molecular weight is 335 g/mol. The van der Waals surface area contributed by atoms with Gasteiger partial charge >= 0.3 is 12.0 Å². The Balaban J connectivity index is 2.33. The van der Waals surface area contributed by atoms with Crippen LogP contribution in [-0.2, 0) is 16.3 Å². The minimum absolute atomic E-state index is 0.00778. The average Bonchev–Trinajstić information content (AvgIpc) is 2.83. The number of sulfone groups is 1. The lowest BCUT2D eigenvalue weighted by Crippen LogP contribution is -2.40. The molecule has 0 aliphatic rings. The molecule has 1 rings (SSSR count). The Hall–Kier alpha value is -1.68. The van der Waals surface area contributed by atoms with E-state index in [0.29, 0.717) is 18.0 Å². The van der Waals surface area contributed by atoms with E-state index >= 15 is 0 Å². The Kier molecular flexibility index (Phi) is 6.09. The Labute approximate surface area is 126 Å². The quantitative estimate of drug-likeness (QED) is 0.728. The maximum Gasteiger partial charge on any atom is 0.355 e. The summed E-state index contributed by atoms with van der Waals surface area (Å²) in [5, 5.41) is 13.4. The lowest BCUT2D eigenvalue weighted by atomic mass is 10.4. The summed E-state index contributed by atoms with van der Waals surface area (Å²) >= 11 is 1.22. The summed E-state index contributed by atoms with van der Waals surface area (Å²) in [4.78, 5) is 27.5. The van der Waals surface area contributed by atoms with Crippen LogP contribution in [0.4, 0.5) is 4.79 Å². The smallest absolute Gasteiger partial charge is 0.355 e. The molecule has 0 spiro atoms. The van der Waals surface area contributed by atoms with E-state index in [2.05, 4.69) is 10.3 Å². The molecule has 0 aliphatic carbocycles. The van der Waals surface area contributed by atoms with Crippen LogP contribution in [0.25, 0.3) is 0 Å². The molecule has 0 radical (unpaired) electrons. The van der Waals surface area contributed by atoms with Gasteiger partial charge in [-0.25, -0.2) is 23.0 Å². The highest BCUT2D eigenvalue weighted by Crippen LogP contribution is 2.09. The van der Waals surface area contributed by atoms with Crippen LogP contribution in [0.15, 0.2) is 5.38 Å². The topological polar surface area (TPSA) is 117 Å². The summed E-state index contributed by atoms with van der Waals surface area (Å²) in [5.74, 6) is -1.17. The number of carbonyl (C=O) groups is 2. The molecule has 21 heavy (non-hydrogen) atoms. The number of thiazole rings is 1. The first-order chi connectivity index (χ1) is 9.69. The number of hydrogen-bond donors (Lipinski definition) is 2. The number of carboxylic acid groups (broad SMARTS) is 1. The van der Waals surface area contributed by atoms with Crippen LogP contribution in [0.1, 0.15) is 15.5 Å². The van der Waals surface area contributed by atoms with Gasteiger partial charge in [-0.1, -0.05) is 0 Å². The largest absolute Gasteiger partial charge is 0.476 e. The van der Waals surface area contributed by atoms with Gasteiger partial charge in [0, 0.05) is 38.2 Å². The fourth-order valence-corrected chi connectivity index (χ4v) is 2.72. The summed E-state index contributed by atoms with van der Waals surface area (Å²) in [7, 11) is -1.60. The maximum atomic E-state index is 11.7. The van der Waals surface area contributed by atoms with Crippen molar-refractivity contribution in [2.45, 2.75) is 6.42 Å². The summed E-state index contributed by atoms with van der Waals surface area (Å²) in [5.41, 5.74) is -0.00778. The summed E-state index contributed by atoms with van der Waals surface area (Å²) in [6.45, 7) is 0.416. The van der Waals surface area contributed by atoms with Gasteiger partial charge in [0.05, 0.1) is 10.8 Å². The predicted molar refractivity (Wildman–Crippen MR) is 78.5 cm³/mol. The molecule has 0 saturated carbocycles. The van der Waals surface area contributed by atoms with Crippen molar-refractivity contribution in [1.29, 1.82) is 0 Å². The van der Waals surface area contributed by atoms with Crippen molar-refractivity contribution in [3.8, 4) is 0 Å². The molecule has 10 heteroatoms. The number of nitrogens with one attached hydrogen (secondary N) is 1. The van der Waals surface area contributed by atoms with Crippen molar-refractivity contribution in [2.24, 2.45) is 0 Å². The van der Waals surface area contributed by atoms with Crippen LogP contribution in [-0.4, -0.2) is 67.6 Å². The number of carbonyl (C=O) groups excluding carboxylic acids is 1. The Morgan fingerprint density at radius 1 is 1.48 bits per heavy atom. The third kappa shape index (κ3) is 6.54. The van der Waals surface area contributed by atoms with Gasteiger partial charge in [-0.3, -0.25) is 0 Å². The molecule has 2 N–H and O–H groups in total. The zero-order valence-corrected chi connectivity index (χ0v) is 13.3. The molecule has 0 aromatic carbocycles. The minimum Gasteiger partial charge on any atom is -0.476 e. The second-order valence-electron chi connectivity index (χ2n) is 4.46. The Morgan fingerprint density at radius 3 is 2.67 bits per heavy atom. The van der Waals surface area contributed by atoms with E-state index in [4.69, 9.17) is 5.11 Å². The first-order valence-corrected chi connectivity index (χ1v) is 8.97. The number of urea groups is 1. The number of aromatic nitrogens is 1. The third-order valence-corrected chi connectivity index (χ3v) is 4.36. The molecule has 1 aromatic rings. The van der Waals surface area contributed by atoms with E-state index in [1.165, 1.54) is 28.7 Å². The Morgan fingerprint density at radius 2 is 2.14 bits per heavy atom.